The molecule has 2 heterocycles. The van der Waals surface area contributed by atoms with Crippen molar-refractivity contribution in [1.82, 2.24) is 5.32 Å². The second-order valence-corrected chi connectivity index (χ2v) is 6.96. The maximum absolute atomic E-state index is 5.98. The van der Waals surface area contributed by atoms with Gasteiger partial charge >= 0.3 is 0 Å². The Morgan fingerprint density at radius 1 is 1.56 bits per heavy atom. The molecule has 2 atom stereocenters. The van der Waals surface area contributed by atoms with Crippen LogP contribution in [0.2, 0.25) is 0 Å². The molecule has 1 saturated carbocycles. The molecular weight excluding hydrogens is 242 g/mol. The second-order valence-electron chi connectivity index (χ2n) is 5.93. The molecule has 0 bridgehead atoms. The van der Waals surface area contributed by atoms with Gasteiger partial charge in [-0.05, 0) is 56.9 Å². The summed E-state index contributed by atoms with van der Waals surface area (Å²) in [5.41, 5.74) is 0.262. The molecule has 1 saturated heterocycles. The van der Waals surface area contributed by atoms with Gasteiger partial charge in [-0.1, -0.05) is 6.07 Å². The fourth-order valence-electron chi connectivity index (χ4n) is 3.28. The summed E-state index contributed by atoms with van der Waals surface area (Å²) in [5.74, 6) is 0. The van der Waals surface area contributed by atoms with Crippen LogP contribution in [0, 0.1) is 0 Å². The lowest BCUT2D eigenvalue weighted by molar-refractivity contribution is -0.136. The first-order valence-electron chi connectivity index (χ1n) is 7.18. The summed E-state index contributed by atoms with van der Waals surface area (Å²) in [5, 5.41) is 5.97. The smallest absolute Gasteiger partial charge is 0.0697 e. The van der Waals surface area contributed by atoms with Crippen molar-refractivity contribution >= 4 is 11.3 Å². The van der Waals surface area contributed by atoms with Gasteiger partial charge in [0.2, 0.25) is 0 Å². The zero-order chi connectivity index (χ0) is 12.4. The summed E-state index contributed by atoms with van der Waals surface area (Å²) >= 11 is 1.86. The van der Waals surface area contributed by atoms with Gasteiger partial charge in [-0.2, -0.15) is 0 Å². The van der Waals surface area contributed by atoms with Crippen molar-refractivity contribution in [3.8, 4) is 0 Å². The minimum absolute atomic E-state index is 0.262. The van der Waals surface area contributed by atoms with Crippen LogP contribution < -0.4 is 5.32 Å². The predicted octanol–water partition coefficient (Wildman–Crippen LogP) is 3.37. The van der Waals surface area contributed by atoms with Crippen LogP contribution in [0.15, 0.2) is 17.5 Å². The molecule has 2 unspecified atom stereocenters. The minimum atomic E-state index is 0.262. The summed E-state index contributed by atoms with van der Waals surface area (Å²) in [7, 11) is 0. The maximum atomic E-state index is 5.98. The Morgan fingerprint density at radius 2 is 2.44 bits per heavy atom. The molecule has 1 aromatic rings. The van der Waals surface area contributed by atoms with Gasteiger partial charge in [0.05, 0.1) is 5.60 Å². The number of hydrogen-bond donors (Lipinski definition) is 1. The van der Waals surface area contributed by atoms with Crippen LogP contribution in [-0.2, 0) is 11.2 Å². The third-order valence-corrected chi connectivity index (χ3v) is 5.26. The SMILES string of the molecule is CC(Cc1cccs1)NC1CCOC2(CCC2)C1. The van der Waals surface area contributed by atoms with E-state index in [1.165, 1.54) is 37.0 Å². The molecule has 0 radical (unpaired) electrons. The van der Waals surface area contributed by atoms with E-state index < -0.39 is 0 Å². The molecule has 1 aliphatic carbocycles. The maximum Gasteiger partial charge on any atom is 0.0697 e. The topological polar surface area (TPSA) is 21.3 Å². The lowest BCUT2D eigenvalue weighted by Gasteiger charge is -2.47. The molecular formula is C15H23NOS. The molecule has 2 nitrogen and oxygen atoms in total. The summed E-state index contributed by atoms with van der Waals surface area (Å²) in [4.78, 5) is 1.49. The highest BCUT2D eigenvalue weighted by atomic mass is 32.1. The van der Waals surface area contributed by atoms with E-state index in [1.807, 2.05) is 11.3 Å². The molecule has 1 spiro atoms. The second kappa shape index (κ2) is 5.32. The molecule has 2 fully saturated rings. The molecule has 100 valence electrons. The largest absolute Gasteiger partial charge is 0.375 e. The molecule has 3 heteroatoms. The standard InChI is InChI=1S/C15H23NOS/c1-12(10-14-4-2-9-18-14)16-13-5-8-17-15(11-13)6-3-7-15/h2,4,9,12-13,16H,3,5-8,10-11H2,1H3. The fraction of sp³-hybridized carbons (Fsp3) is 0.733. The van der Waals surface area contributed by atoms with Crippen molar-refractivity contribution in [1.29, 1.82) is 0 Å². The zero-order valence-electron chi connectivity index (χ0n) is 11.2. The predicted molar refractivity (Wildman–Crippen MR) is 76.2 cm³/mol. The van der Waals surface area contributed by atoms with Crippen LogP contribution in [0.25, 0.3) is 0 Å². The number of nitrogens with one attached hydrogen (secondary N) is 1. The average Bonchev–Trinajstić information content (AvgIpc) is 2.80. The van der Waals surface area contributed by atoms with E-state index >= 15 is 0 Å². The van der Waals surface area contributed by atoms with Crippen LogP contribution >= 0.6 is 11.3 Å². The van der Waals surface area contributed by atoms with Crippen molar-refractivity contribution in [3.05, 3.63) is 22.4 Å². The van der Waals surface area contributed by atoms with Crippen molar-refractivity contribution in [2.75, 3.05) is 6.61 Å². The first kappa shape index (κ1) is 12.6. The third kappa shape index (κ3) is 2.79. The average molecular weight is 265 g/mol. The van der Waals surface area contributed by atoms with Gasteiger partial charge in [-0.15, -0.1) is 11.3 Å². The normalized spacial score (nSPS) is 27.9. The Morgan fingerprint density at radius 3 is 3.11 bits per heavy atom. The number of hydrogen-bond acceptors (Lipinski definition) is 3. The van der Waals surface area contributed by atoms with E-state index in [1.54, 1.807) is 0 Å². The number of thiophene rings is 1. The van der Waals surface area contributed by atoms with Crippen molar-refractivity contribution in [3.63, 3.8) is 0 Å². The van der Waals surface area contributed by atoms with Crippen LogP contribution in [0.4, 0.5) is 0 Å². The van der Waals surface area contributed by atoms with E-state index in [2.05, 4.69) is 29.8 Å². The molecule has 1 N–H and O–H groups in total. The number of ether oxygens (including phenoxy) is 1. The van der Waals surface area contributed by atoms with Crippen LogP contribution in [0.3, 0.4) is 0 Å². The van der Waals surface area contributed by atoms with Crippen LogP contribution in [0.1, 0.15) is 43.9 Å². The number of rotatable bonds is 4. The Labute approximate surface area is 114 Å². The van der Waals surface area contributed by atoms with Crippen LogP contribution in [-0.4, -0.2) is 24.3 Å². The van der Waals surface area contributed by atoms with Crippen molar-refractivity contribution < 1.29 is 4.74 Å². The highest BCUT2D eigenvalue weighted by Gasteiger charge is 2.42. The summed E-state index contributed by atoms with van der Waals surface area (Å²) in [6.45, 7) is 3.26. The van der Waals surface area contributed by atoms with E-state index in [0.29, 0.717) is 12.1 Å². The molecule has 0 amide bonds. The van der Waals surface area contributed by atoms with Gasteiger partial charge in [0, 0.05) is 23.6 Å². The first-order chi connectivity index (χ1) is 8.76. The highest BCUT2D eigenvalue weighted by molar-refractivity contribution is 7.09. The van der Waals surface area contributed by atoms with Crippen molar-refractivity contribution in [2.45, 2.75) is 63.1 Å². The zero-order valence-corrected chi connectivity index (χ0v) is 12.0. The lowest BCUT2D eigenvalue weighted by Crippen LogP contribution is -2.52. The van der Waals surface area contributed by atoms with E-state index in [4.69, 9.17) is 4.74 Å². The minimum Gasteiger partial charge on any atom is -0.375 e. The fourth-order valence-corrected chi connectivity index (χ4v) is 4.12. The molecule has 1 aromatic heterocycles. The molecule has 0 aromatic carbocycles. The van der Waals surface area contributed by atoms with Crippen molar-refractivity contribution in [2.24, 2.45) is 0 Å². The highest BCUT2D eigenvalue weighted by Crippen LogP contribution is 2.42. The van der Waals surface area contributed by atoms with Gasteiger partial charge in [-0.25, -0.2) is 0 Å². The van der Waals surface area contributed by atoms with Gasteiger partial charge < -0.3 is 10.1 Å². The summed E-state index contributed by atoms with van der Waals surface area (Å²) in [6, 6.07) is 5.61. The van der Waals surface area contributed by atoms with Gasteiger partial charge in [0.1, 0.15) is 0 Å². The van der Waals surface area contributed by atoms with Gasteiger partial charge in [0.15, 0.2) is 0 Å². The first-order valence-corrected chi connectivity index (χ1v) is 8.06. The molecule has 3 rings (SSSR count). The quantitative estimate of drug-likeness (QED) is 0.901. The molecule has 1 aliphatic heterocycles. The summed E-state index contributed by atoms with van der Waals surface area (Å²) < 4.78 is 5.98. The third-order valence-electron chi connectivity index (χ3n) is 4.37. The van der Waals surface area contributed by atoms with Gasteiger partial charge in [-0.3, -0.25) is 0 Å². The Balaban J connectivity index is 1.49. The summed E-state index contributed by atoms with van der Waals surface area (Å²) in [6.07, 6.45) is 7.48. The van der Waals surface area contributed by atoms with Gasteiger partial charge in [0.25, 0.3) is 0 Å². The Bertz CT molecular complexity index is 372. The molecule has 2 aliphatic rings. The van der Waals surface area contributed by atoms with Crippen LogP contribution in [0.5, 0.6) is 0 Å². The lowest BCUT2D eigenvalue weighted by atomic mass is 9.74. The molecule has 18 heavy (non-hydrogen) atoms. The van der Waals surface area contributed by atoms with E-state index in [-0.39, 0.29) is 5.60 Å². The Hall–Kier alpha value is -0.380. The van der Waals surface area contributed by atoms with E-state index in [0.717, 1.165) is 13.0 Å². The van der Waals surface area contributed by atoms with E-state index in [9.17, 15) is 0 Å². The Kier molecular flexibility index (Phi) is 3.73. The monoisotopic (exact) mass is 265 g/mol.